The Balaban J connectivity index is 1.88. The quantitative estimate of drug-likeness (QED) is 0.497. The minimum absolute atomic E-state index is 0.305. The molecule has 2 heterocycles. The SMILES string of the molecule is Cc1ccc(-c2nc3cc(F)ccc3n2Cc2ccc(Cl)cc2)o1. The average molecular weight is 341 g/mol. The van der Waals surface area contributed by atoms with Crippen molar-refractivity contribution in [2.45, 2.75) is 13.5 Å². The maximum Gasteiger partial charge on any atom is 0.177 e. The molecule has 0 spiro atoms. The summed E-state index contributed by atoms with van der Waals surface area (Å²) in [6.45, 7) is 2.48. The van der Waals surface area contributed by atoms with Gasteiger partial charge in [0, 0.05) is 17.6 Å². The third-order valence-corrected chi connectivity index (χ3v) is 4.18. The molecule has 4 aromatic rings. The summed E-state index contributed by atoms with van der Waals surface area (Å²) >= 11 is 5.96. The molecule has 0 bridgehead atoms. The second kappa shape index (κ2) is 5.80. The van der Waals surface area contributed by atoms with Gasteiger partial charge < -0.3 is 8.98 Å². The minimum atomic E-state index is -0.305. The minimum Gasteiger partial charge on any atom is -0.458 e. The van der Waals surface area contributed by atoms with Gasteiger partial charge >= 0.3 is 0 Å². The van der Waals surface area contributed by atoms with E-state index in [1.54, 1.807) is 6.07 Å². The Bertz CT molecular complexity index is 1020. The lowest BCUT2D eigenvalue weighted by atomic mass is 10.2. The Labute approximate surface area is 143 Å². The fraction of sp³-hybridized carbons (Fsp3) is 0.105. The first-order valence-electron chi connectivity index (χ1n) is 7.57. The van der Waals surface area contributed by atoms with Crippen molar-refractivity contribution in [3.05, 3.63) is 76.8 Å². The second-order valence-electron chi connectivity index (χ2n) is 5.69. The molecule has 0 aliphatic rings. The predicted octanol–water partition coefficient (Wildman–Crippen LogP) is 5.45. The van der Waals surface area contributed by atoms with Crippen LogP contribution < -0.4 is 0 Å². The highest BCUT2D eigenvalue weighted by Gasteiger charge is 2.16. The van der Waals surface area contributed by atoms with Crippen molar-refractivity contribution in [2.24, 2.45) is 0 Å². The molecule has 3 nitrogen and oxygen atoms in total. The van der Waals surface area contributed by atoms with Crippen molar-refractivity contribution >= 4 is 22.6 Å². The standard InChI is InChI=1S/C19H14ClFN2O/c1-12-2-9-18(24-12)19-22-16-10-15(21)7-8-17(16)23(19)11-13-3-5-14(20)6-4-13/h2-10H,11H2,1H3. The van der Waals surface area contributed by atoms with Gasteiger partial charge in [0.25, 0.3) is 0 Å². The lowest BCUT2D eigenvalue weighted by Crippen LogP contribution is -2.01. The second-order valence-corrected chi connectivity index (χ2v) is 6.13. The van der Waals surface area contributed by atoms with Gasteiger partial charge in [-0.2, -0.15) is 0 Å². The molecule has 0 N–H and O–H groups in total. The average Bonchev–Trinajstić information content (AvgIpc) is 3.13. The molecule has 2 aromatic carbocycles. The smallest absolute Gasteiger partial charge is 0.177 e. The summed E-state index contributed by atoms with van der Waals surface area (Å²) in [5.41, 5.74) is 2.54. The van der Waals surface area contributed by atoms with Crippen LogP contribution in [0.1, 0.15) is 11.3 Å². The van der Waals surface area contributed by atoms with Gasteiger partial charge in [-0.25, -0.2) is 9.37 Å². The van der Waals surface area contributed by atoms with Gasteiger partial charge in [0.2, 0.25) is 0 Å². The Morgan fingerprint density at radius 3 is 2.58 bits per heavy atom. The molecule has 0 saturated heterocycles. The summed E-state index contributed by atoms with van der Waals surface area (Å²) in [6.07, 6.45) is 0. The van der Waals surface area contributed by atoms with E-state index in [0.29, 0.717) is 28.7 Å². The third kappa shape index (κ3) is 2.69. The third-order valence-electron chi connectivity index (χ3n) is 3.92. The lowest BCUT2D eigenvalue weighted by Gasteiger charge is -2.08. The van der Waals surface area contributed by atoms with Gasteiger partial charge in [-0.05, 0) is 48.9 Å². The monoisotopic (exact) mass is 340 g/mol. The molecule has 0 aliphatic carbocycles. The van der Waals surface area contributed by atoms with Crippen molar-refractivity contribution < 1.29 is 8.81 Å². The molecule has 24 heavy (non-hydrogen) atoms. The Morgan fingerprint density at radius 2 is 1.88 bits per heavy atom. The van der Waals surface area contributed by atoms with E-state index >= 15 is 0 Å². The van der Waals surface area contributed by atoms with Crippen LogP contribution in [-0.2, 0) is 6.54 Å². The number of nitrogens with zero attached hydrogens (tertiary/aromatic N) is 2. The van der Waals surface area contributed by atoms with Crippen molar-refractivity contribution in [3.8, 4) is 11.6 Å². The van der Waals surface area contributed by atoms with Gasteiger partial charge in [-0.3, -0.25) is 0 Å². The van der Waals surface area contributed by atoms with E-state index in [-0.39, 0.29) is 5.82 Å². The van der Waals surface area contributed by atoms with E-state index in [9.17, 15) is 4.39 Å². The van der Waals surface area contributed by atoms with E-state index in [0.717, 1.165) is 16.8 Å². The van der Waals surface area contributed by atoms with Crippen LogP contribution in [0.25, 0.3) is 22.6 Å². The fourth-order valence-corrected chi connectivity index (χ4v) is 2.90. The highest BCUT2D eigenvalue weighted by atomic mass is 35.5. The summed E-state index contributed by atoms with van der Waals surface area (Å²) in [4.78, 5) is 4.57. The first-order valence-corrected chi connectivity index (χ1v) is 7.95. The van der Waals surface area contributed by atoms with Crippen LogP contribution in [0.3, 0.4) is 0 Å². The normalized spacial score (nSPS) is 11.3. The van der Waals surface area contributed by atoms with E-state index in [1.165, 1.54) is 12.1 Å². The van der Waals surface area contributed by atoms with Gasteiger partial charge in [0.1, 0.15) is 11.6 Å². The Kier molecular flexibility index (Phi) is 3.62. The molecule has 0 fully saturated rings. The molecule has 0 unspecified atom stereocenters. The largest absolute Gasteiger partial charge is 0.458 e. The first-order chi connectivity index (χ1) is 11.6. The van der Waals surface area contributed by atoms with E-state index in [2.05, 4.69) is 4.98 Å². The fourth-order valence-electron chi connectivity index (χ4n) is 2.78. The van der Waals surface area contributed by atoms with Crippen molar-refractivity contribution in [3.63, 3.8) is 0 Å². The van der Waals surface area contributed by atoms with Crippen LogP contribution in [-0.4, -0.2) is 9.55 Å². The zero-order chi connectivity index (χ0) is 16.7. The van der Waals surface area contributed by atoms with Crippen LogP contribution in [0, 0.1) is 12.7 Å². The molecular formula is C19H14ClFN2O. The van der Waals surface area contributed by atoms with E-state index < -0.39 is 0 Å². The molecule has 0 saturated carbocycles. The van der Waals surface area contributed by atoms with Gasteiger partial charge in [-0.15, -0.1) is 0 Å². The number of fused-ring (bicyclic) bond motifs is 1. The zero-order valence-corrected chi connectivity index (χ0v) is 13.7. The summed E-state index contributed by atoms with van der Waals surface area (Å²) in [7, 11) is 0. The van der Waals surface area contributed by atoms with Crippen molar-refractivity contribution in [1.29, 1.82) is 0 Å². The summed E-state index contributed by atoms with van der Waals surface area (Å²) in [5.74, 6) is 1.85. The van der Waals surface area contributed by atoms with Crippen LogP contribution in [0.5, 0.6) is 0 Å². The number of furan rings is 1. The number of rotatable bonds is 3. The van der Waals surface area contributed by atoms with Crippen molar-refractivity contribution in [1.82, 2.24) is 9.55 Å². The molecule has 120 valence electrons. The molecule has 4 rings (SSSR count). The molecule has 5 heteroatoms. The summed E-state index contributed by atoms with van der Waals surface area (Å²) in [5, 5.41) is 0.693. The maximum atomic E-state index is 13.6. The highest BCUT2D eigenvalue weighted by Crippen LogP contribution is 2.28. The number of aromatic nitrogens is 2. The topological polar surface area (TPSA) is 31.0 Å². The predicted molar refractivity (Wildman–Crippen MR) is 92.7 cm³/mol. The van der Waals surface area contributed by atoms with Crippen LogP contribution in [0.2, 0.25) is 5.02 Å². The van der Waals surface area contributed by atoms with Gasteiger partial charge in [0.15, 0.2) is 11.6 Å². The van der Waals surface area contributed by atoms with Gasteiger partial charge in [-0.1, -0.05) is 23.7 Å². The molecule has 0 atom stereocenters. The van der Waals surface area contributed by atoms with Gasteiger partial charge in [0.05, 0.1) is 11.0 Å². The number of imidazole rings is 1. The number of benzene rings is 2. The van der Waals surface area contributed by atoms with Crippen LogP contribution >= 0.6 is 11.6 Å². The number of hydrogen-bond acceptors (Lipinski definition) is 2. The molecule has 0 aliphatic heterocycles. The molecule has 0 radical (unpaired) electrons. The maximum absolute atomic E-state index is 13.6. The van der Waals surface area contributed by atoms with E-state index in [4.69, 9.17) is 16.0 Å². The van der Waals surface area contributed by atoms with Crippen LogP contribution in [0.15, 0.2) is 59.0 Å². The highest BCUT2D eigenvalue weighted by molar-refractivity contribution is 6.30. The number of aryl methyl sites for hydroxylation is 1. The summed E-state index contributed by atoms with van der Waals surface area (Å²) < 4.78 is 21.3. The number of halogens is 2. The number of hydrogen-bond donors (Lipinski definition) is 0. The zero-order valence-electron chi connectivity index (χ0n) is 13.0. The molecule has 2 aromatic heterocycles. The molecule has 0 amide bonds. The first kappa shape index (κ1) is 15.0. The van der Waals surface area contributed by atoms with Crippen molar-refractivity contribution in [2.75, 3.05) is 0 Å². The Morgan fingerprint density at radius 1 is 1.08 bits per heavy atom. The molecular weight excluding hydrogens is 327 g/mol. The van der Waals surface area contributed by atoms with Crippen LogP contribution in [0.4, 0.5) is 4.39 Å². The lowest BCUT2D eigenvalue weighted by molar-refractivity contribution is 0.540. The Hall–Kier alpha value is -2.59. The summed E-state index contributed by atoms with van der Waals surface area (Å²) in [6, 6.07) is 16.0. The van der Waals surface area contributed by atoms with E-state index in [1.807, 2.05) is 47.9 Å².